The second kappa shape index (κ2) is 6.15. The van der Waals surface area contributed by atoms with Crippen molar-refractivity contribution in [1.29, 1.82) is 0 Å². The standard InChI is InChI=1S/C17H24FNO3/c1-16(2,3)22-15(20)19-11-9-17(4,10-12-19)21-14-7-5-13(18)6-8-14/h5-8H,9-12H2,1-4H3. The number of halogens is 1. The van der Waals surface area contributed by atoms with Gasteiger partial charge in [-0.25, -0.2) is 9.18 Å². The molecule has 0 atom stereocenters. The molecule has 0 spiro atoms. The van der Waals surface area contributed by atoms with Crippen molar-refractivity contribution >= 4 is 6.09 Å². The summed E-state index contributed by atoms with van der Waals surface area (Å²) in [6.07, 6.45) is 1.14. The van der Waals surface area contributed by atoms with Crippen LogP contribution in [0, 0.1) is 5.82 Å². The number of hydrogen-bond donors (Lipinski definition) is 0. The zero-order chi connectivity index (χ0) is 16.4. The molecule has 0 N–H and O–H groups in total. The Morgan fingerprint density at radius 2 is 1.73 bits per heavy atom. The van der Waals surface area contributed by atoms with Crippen molar-refractivity contribution in [2.45, 2.75) is 51.7 Å². The highest BCUT2D eigenvalue weighted by Crippen LogP contribution is 2.29. The number of carbonyl (C=O) groups is 1. The SMILES string of the molecule is CC(C)(C)OC(=O)N1CCC(C)(Oc2ccc(F)cc2)CC1. The van der Waals surface area contributed by atoms with Crippen LogP contribution in [-0.2, 0) is 4.74 Å². The van der Waals surface area contributed by atoms with E-state index in [1.165, 1.54) is 12.1 Å². The van der Waals surface area contributed by atoms with Crippen LogP contribution in [0.1, 0.15) is 40.5 Å². The maximum Gasteiger partial charge on any atom is 0.410 e. The Kier molecular flexibility index (Phi) is 4.63. The molecule has 1 aliphatic rings. The molecule has 1 saturated heterocycles. The summed E-state index contributed by atoms with van der Waals surface area (Å²) in [5.74, 6) is 0.367. The average Bonchev–Trinajstić information content (AvgIpc) is 2.40. The van der Waals surface area contributed by atoms with Gasteiger partial charge in [0.1, 0.15) is 22.8 Å². The molecule has 5 heteroatoms. The normalized spacial score (nSPS) is 18.0. The van der Waals surface area contributed by atoms with E-state index >= 15 is 0 Å². The monoisotopic (exact) mass is 309 g/mol. The summed E-state index contributed by atoms with van der Waals surface area (Å²) in [7, 11) is 0. The van der Waals surface area contributed by atoms with E-state index in [1.54, 1.807) is 17.0 Å². The van der Waals surface area contributed by atoms with Crippen molar-refractivity contribution in [3.8, 4) is 5.75 Å². The van der Waals surface area contributed by atoms with Crippen molar-refractivity contribution in [1.82, 2.24) is 4.90 Å². The molecule has 0 aliphatic carbocycles. The van der Waals surface area contributed by atoms with Gasteiger partial charge in [-0.2, -0.15) is 0 Å². The van der Waals surface area contributed by atoms with E-state index in [1.807, 2.05) is 27.7 Å². The fraction of sp³-hybridized carbons (Fsp3) is 0.588. The van der Waals surface area contributed by atoms with Gasteiger partial charge in [0.05, 0.1) is 0 Å². The number of likely N-dealkylation sites (tertiary alicyclic amines) is 1. The molecule has 0 radical (unpaired) electrons. The molecule has 0 saturated carbocycles. The summed E-state index contributed by atoms with van der Waals surface area (Å²) in [4.78, 5) is 13.8. The number of rotatable bonds is 2. The Balaban J connectivity index is 1.90. The highest BCUT2D eigenvalue weighted by Gasteiger charge is 2.35. The van der Waals surface area contributed by atoms with Gasteiger partial charge in [0, 0.05) is 25.9 Å². The predicted octanol–water partition coefficient (Wildman–Crippen LogP) is 3.99. The minimum atomic E-state index is -0.484. The van der Waals surface area contributed by atoms with E-state index in [0.717, 1.165) is 0 Å². The van der Waals surface area contributed by atoms with Crippen molar-refractivity contribution in [3.05, 3.63) is 30.1 Å². The lowest BCUT2D eigenvalue weighted by molar-refractivity contribution is -0.00984. The lowest BCUT2D eigenvalue weighted by Crippen LogP contribution is -2.49. The van der Waals surface area contributed by atoms with Gasteiger partial charge in [0.25, 0.3) is 0 Å². The lowest BCUT2D eigenvalue weighted by atomic mass is 9.93. The zero-order valence-electron chi connectivity index (χ0n) is 13.7. The van der Waals surface area contributed by atoms with Crippen molar-refractivity contribution in [2.75, 3.05) is 13.1 Å². The molecule has 1 fully saturated rings. The van der Waals surface area contributed by atoms with Crippen molar-refractivity contribution in [2.24, 2.45) is 0 Å². The fourth-order valence-corrected chi connectivity index (χ4v) is 2.38. The van der Waals surface area contributed by atoms with E-state index in [2.05, 4.69) is 0 Å². The van der Waals surface area contributed by atoms with E-state index in [0.29, 0.717) is 31.7 Å². The van der Waals surface area contributed by atoms with E-state index < -0.39 is 5.60 Å². The van der Waals surface area contributed by atoms with Crippen LogP contribution in [0.4, 0.5) is 9.18 Å². The Hall–Kier alpha value is -1.78. The molecule has 122 valence electrons. The fourth-order valence-electron chi connectivity index (χ4n) is 2.38. The number of amides is 1. The van der Waals surface area contributed by atoms with Crippen LogP contribution in [0.25, 0.3) is 0 Å². The predicted molar refractivity (Wildman–Crippen MR) is 82.5 cm³/mol. The van der Waals surface area contributed by atoms with Crippen LogP contribution in [0.15, 0.2) is 24.3 Å². The third-order valence-corrected chi connectivity index (χ3v) is 3.65. The lowest BCUT2D eigenvalue weighted by Gasteiger charge is -2.39. The number of carbonyl (C=O) groups excluding carboxylic acids is 1. The Bertz CT molecular complexity index is 514. The van der Waals surface area contributed by atoms with Crippen LogP contribution >= 0.6 is 0 Å². The van der Waals surface area contributed by atoms with Crippen LogP contribution in [0.2, 0.25) is 0 Å². The first-order chi connectivity index (χ1) is 10.2. The Labute approximate surface area is 131 Å². The first-order valence-corrected chi connectivity index (χ1v) is 7.59. The maximum atomic E-state index is 12.9. The van der Waals surface area contributed by atoms with E-state index in [-0.39, 0.29) is 17.5 Å². The molecular weight excluding hydrogens is 285 g/mol. The van der Waals surface area contributed by atoms with Crippen LogP contribution in [0.3, 0.4) is 0 Å². The third-order valence-electron chi connectivity index (χ3n) is 3.65. The molecule has 1 aromatic carbocycles. The number of ether oxygens (including phenoxy) is 2. The van der Waals surface area contributed by atoms with Crippen LogP contribution < -0.4 is 4.74 Å². The number of hydrogen-bond acceptors (Lipinski definition) is 3. The van der Waals surface area contributed by atoms with Crippen LogP contribution in [0.5, 0.6) is 5.75 Å². The van der Waals surface area contributed by atoms with Gasteiger partial charge in [-0.3, -0.25) is 0 Å². The van der Waals surface area contributed by atoms with Gasteiger partial charge in [-0.1, -0.05) is 0 Å². The molecule has 0 unspecified atom stereocenters. The molecule has 0 bridgehead atoms. The Morgan fingerprint density at radius 1 is 1.18 bits per heavy atom. The summed E-state index contributed by atoms with van der Waals surface area (Å²) in [6.45, 7) is 8.77. The molecule has 0 aromatic heterocycles. The summed E-state index contributed by atoms with van der Waals surface area (Å²) < 4.78 is 24.3. The second-order valence-electron chi connectivity index (χ2n) is 6.97. The molecule has 1 aliphatic heterocycles. The minimum absolute atomic E-state index is 0.280. The van der Waals surface area contributed by atoms with Crippen LogP contribution in [-0.4, -0.2) is 35.3 Å². The van der Waals surface area contributed by atoms with Crippen molar-refractivity contribution < 1.29 is 18.7 Å². The molecule has 1 amide bonds. The summed E-state index contributed by atoms with van der Waals surface area (Å²) in [5.41, 5.74) is -0.835. The van der Waals surface area contributed by atoms with Crippen molar-refractivity contribution in [3.63, 3.8) is 0 Å². The quantitative estimate of drug-likeness (QED) is 0.829. The number of piperidine rings is 1. The first-order valence-electron chi connectivity index (χ1n) is 7.59. The number of nitrogens with zero attached hydrogens (tertiary/aromatic N) is 1. The van der Waals surface area contributed by atoms with Gasteiger partial charge in [0.2, 0.25) is 0 Å². The number of benzene rings is 1. The van der Waals surface area contributed by atoms with Gasteiger partial charge >= 0.3 is 6.09 Å². The molecular formula is C17H24FNO3. The summed E-state index contributed by atoms with van der Waals surface area (Å²) in [5, 5.41) is 0. The third kappa shape index (κ3) is 4.61. The largest absolute Gasteiger partial charge is 0.487 e. The topological polar surface area (TPSA) is 38.8 Å². The highest BCUT2D eigenvalue weighted by atomic mass is 19.1. The molecule has 2 rings (SSSR count). The van der Waals surface area contributed by atoms with E-state index in [9.17, 15) is 9.18 Å². The smallest absolute Gasteiger partial charge is 0.410 e. The van der Waals surface area contributed by atoms with Gasteiger partial charge in [-0.15, -0.1) is 0 Å². The summed E-state index contributed by atoms with van der Waals surface area (Å²) in [6, 6.07) is 6.02. The van der Waals surface area contributed by atoms with Gasteiger partial charge in [0.15, 0.2) is 0 Å². The zero-order valence-corrected chi connectivity index (χ0v) is 13.7. The van der Waals surface area contributed by atoms with Gasteiger partial charge in [-0.05, 0) is 52.0 Å². The Morgan fingerprint density at radius 3 is 2.23 bits per heavy atom. The van der Waals surface area contributed by atoms with Gasteiger partial charge < -0.3 is 14.4 Å². The highest BCUT2D eigenvalue weighted by molar-refractivity contribution is 5.68. The maximum absolute atomic E-state index is 12.9. The summed E-state index contributed by atoms with van der Waals surface area (Å²) >= 11 is 0. The average molecular weight is 309 g/mol. The van der Waals surface area contributed by atoms with E-state index in [4.69, 9.17) is 9.47 Å². The molecule has 22 heavy (non-hydrogen) atoms. The second-order valence-corrected chi connectivity index (χ2v) is 6.97. The molecule has 1 aromatic rings. The molecule has 1 heterocycles. The molecule has 4 nitrogen and oxygen atoms in total. The first kappa shape index (κ1) is 16.6. The minimum Gasteiger partial charge on any atom is -0.487 e.